The fourth-order valence-electron chi connectivity index (χ4n) is 3.26. The van der Waals surface area contributed by atoms with Crippen LogP contribution in [0.3, 0.4) is 0 Å². The summed E-state index contributed by atoms with van der Waals surface area (Å²) in [5.41, 5.74) is 1.66. The molecule has 6 heteroatoms. The van der Waals surface area contributed by atoms with Gasteiger partial charge in [-0.25, -0.2) is 0 Å². The van der Waals surface area contributed by atoms with Crippen molar-refractivity contribution in [2.45, 2.75) is 45.3 Å². The third-order valence-corrected chi connectivity index (χ3v) is 4.84. The molecule has 1 N–H and O–H groups in total. The van der Waals surface area contributed by atoms with Crippen LogP contribution < -0.4 is 5.32 Å². The zero-order chi connectivity index (χ0) is 21.2. The van der Waals surface area contributed by atoms with Crippen molar-refractivity contribution in [1.29, 1.82) is 0 Å². The molecule has 2 heterocycles. The normalized spacial score (nSPS) is 11.6. The molecular weight excluding hydrogens is 378 g/mol. The predicted molar refractivity (Wildman–Crippen MR) is 114 cm³/mol. The molecule has 1 aromatic carbocycles. The Morgan fingerprint density at radius 2 is 1.93 bits per heavy atom. The maximum atomic E-state index is 13.3. The van der Waals surface area contributed by atoms with Crippen LogP contribution in [0.4, 0.5) is 0 Å². The van der Waals surface area contributed by atoms with Gasteiger partial charge in [-0.3, -0.25) is 14.6 Å². The molecule has 0 bridgehead atoms. The Hall–Kier alpha value is -3.41. The highest BCUT2D eigenvalue weighted by atomic mass is 16.3. The number of carbonyl (C=O) groups excluding carboxylic acids is 2. The molecule has 0 saturated carbocycles. The second-order valence-electron chi connectivity index (χ2n) is 7.10. The highest BCUT2D eigenvalue weighted by molar-refractivity contribution is 5.88. The first-order chi connectivity index (χ1) is 14.7. The molecule has 30 heavy (non-hydrogen) atoms. The summed E-state index contributed by atoms with van der Waals surface area (Å²) in [4.78, 5) is 32.2. The van der Waals surface area contributed by atoms with E-state index in [4.69, 9.17) is 4.42 Å². The largest absolute Gasteiger partial charge is 0.467 e. The molecule has 1 atom stereocenters. The van der Waals surface area contributed by atoms with Crippen LogP contribution in [-0.2, 0) is 22.7 Å². The Balaban J connectivity index is 1.88. The first kappa shape index (κ1) is 21.3. The van der Waals surface area contributed by atoms with Crippen molar-refractivity contribution >= 4 is 11.8 Å². The number of amides is 2. The number of hydrogen-bond donors (Lipinski definition) is 1. The van der Waals surface area contributed by atoms with Crippen molar-refractivity contribution in [3.05, 3.63) is 90.1 Å². The van der Waals surface area contributed by atoms with Gasteiger partial charge < -0.3 is 14.6 Å². The number of rotatable bonds is 10. The standard InChI is InChI=1S/C24H27N3O3/c1-2-3-13-22(28)27(18-21-12-8-15-30-21)23(20-11-7-14-25-17-20)24(29)26-16-19-9-5-4-6-10-19/h4-12,14-15,17,23H,2-3,13,16,18H2,1H3,(H,26,29). The van der Waals surface area contributed by atoms with E-state index in [1.54, 1.807) is 35.7 Å². The number of furan rings is 1. The number of hydrogen-bond acceptors (Lipinski definition) is 4. The molecule has 2 amide bonds. The van der Waals surface area contributed by atoms with Gasteiger partial charge in [-0.1, -0.05) is 49.7 Å². The lowest BCUT2D eigenvalue weighted by atomic mass is 10.0. The minimum atomic E-state index is -0.795. The predicted octanol–water partition coefficient (Wildman–Crippen LogP) is 4.25. The molecule has 0 aliphatic carbocycles. The third kappa shape index (κ3) is 5.80. The molecule has 2 aromatic heterocycles. The van der Waals surface area contributed by atoms with Crippen LogP contribution >= 0.6 is 0 Å². The Bertz CT molecular complexity index is 911. The van der Waals surface area contributed by atoms with E-state index in [0.717, 1.165) is 18.4 Å². The van der Waals surface area contributed by atoms with E-state index in [-0.39, 0.29) is 18.4 Å². The first-order valence-electron chi connectivity index (χ1n) is 10.2. The van der Waals surface area contributed by atoms with E-state index in [1.165, 1.54) is 0 Å². The second-order valence-corrected chi connectivity index (χ2v) is 7.10. The lowest BCUT2D eigenvalue weighted by molar-refractivity contribution is -0.142. The number of unbranched alkanes of at least 4 members (excludes halogenated alkanes) is 1. The van der Waals surface area contributed by atoms with Gasteiger partial charge in [0.2, 0.25) is 11.8 Å². The molecule has 1 unspecified atom stereocenters. The van der Waals surface area contributed by atoms with Crippen molar-refractivity contribution in [2.24, 2.45) is 0 Å². The number of nitrogens with zero attached hydrogens (tertiary/aromatic N) is 2. The quantitative estimate of drug-likeness (QED) is 0.547. The number of carbonyl (C=O) groups is 2. The van der Waals surface area contributed by atoms with Gasteiger partial charge in [-0.2, -0.15) is 0 Å². The summed E-state index contributed by atoms with van der Waals surface area (Å²) in [7, 11) is 0. The van der Waals surface area contributed by atoms with E-state index >= 15 is 0 Å². The zero-order valence-corrected chi connectivity index (χ0v) is 17.2. The molecule has 156 valence electrons. The van der Waals surface area contributed by atoms with Crippen molar-refractivity contribution in [3.8, 4) is 0 Å². The Morgan fingerprint density at radius 3 is 2.60 bits per heavy atom. The van der Waals surface area contributed by atoms with Gasteiger partial charge in [-0.05, 0) is 30.2 Å². The molecule has 0 aliphatic heterocycles. The molecule has 0 aliphatic rings. The number of aromatic nitrogens is 1. The summed E-state index contributed by atoms with van der Waals surface area (Å²) in [5.74, 6) is 0.296. The summed E-state index contributed by atoms with van der Waals surface area (Å²) in [6.45, 7) is 2.64. The fourth-order valence-corrected chi connectivity index (χ4v) is 3.26. The van der Waals surface area contributed by atoms with Crippen molar-refractivity contribution in [1.82, 2.24) is 15.2 Å². The van der Waals surface area contributed by atoms with Gasteiger partial charge in [0.25, 0.3) is 0 Å². The third-order valence-electron chi connectivity index (χ3n) is 4.84. The van der Waals surface area contributed by atoms with Crippen LogP contribution in [0.2, 0.25) is 0 Å². The second kappa shape index (κ2) is 11.0. The lowest BCUT2D eigenvalue weighted by Gasteiger charge is -2.30. The number of pyridine rings is 1. The SMILES string of the molecule is CCCCC(=O)N(Cc1ccco1)C(C(=O)NCc1ccccc1)c1cccnc1. The van der Waals surface area contributed by atoms with E-state index in [1.807, 2.05) is 49.4 Å². The summed E-state index contributed by atoms with van der Waals surface area (Å²) in [6.07, 6.45) is 6.89. The highest BCUT2D eigenvalue weighted by Gasteiger charge is 2.32. The van der Waals surface area contributed by atoms with Crippen LogP contribution in [0.5, 0.6) is 0 Å². The zero-order valence-electron chi connectivity index (χ0n) is 17.2. The molecule has 0 saturated heterocycles. The Labute approximate surface area is 176 Å². The van der Waals surface area contributed by atoms with Crippen LogP contribution in [0, 0.1) is 0 Å². The van der Waals surface area contributed by atoms with Gasteiger partial charge >= 0.3 is 0 Å². The fraction of sp³-hybridized carbons (Fsp3) is 0.292. The first-order valence-corrected chi connectivity index (χ1v) is 10.2. The molecule has 0 fully saturated rings. The molecular formula is C24H27N3O3. The van der Waals surface area contributed by atoms with Crippen LogP contribution in [0.25, 0.3) is 0 Å². The Morgan fingerprint density at radius 1 is 1.10 bits per heavy atom. The molecule has 0 spiro atoms. The van der Waals surface area contributed by atoms with E-state index in [2.05, 4.69) is 10.3 Å². The van der Waals surface area contributed by atoms with Gasteiger partial charge in [-0.15, -0.1) is 0 Å². The maximum absolute atomic E-state index is 13.3. The summed E-state index contributed by atoms with van der Waals surface area (Å²) in [6, 6.07) is 16.1. The van der Waals surface area contributed by atoms with Crippen molar-refractivity contribution in [2.75, 3.05) is 0 Å². The molecule has 3 rings (SSSR count). The smallest absolute Gasteiger partial charge is 0.247 e. The average Bonchev–Trinajstić information content (AvgIpc) is 3.30. The van der Waals surface area contributed by atoms with Crippen molar-refractivity contribution in [3.63, 3.8) is 0 Å². The summed E-state index contributed by atoms with van der Waals surface area (Å²) < 4.78 is 5.47. The van der Waals surface area contributed by atoms with Crippen LogP contribution in [0.1, 0.15) is 49.1 Å². The molecule has 6 nitrogen and oxygen atoms in total. The van der Waals surface area contributed by atoms with Gasteiger partial charge in [0.15, 0.2) is 0 Å². The van der Waals surface area contributed by atoms with E-state index in [0.29, 0.717) is 24.3 Å². The van der Waals surface area contributed by atoms with Gasteiger partial charge in [0.05, 0.1) is 12.8 Å². The van der Waals surface area contributed by atoms with Crippen LogP contribution in [-0.4, -0.2) is 21.7 Å². The van der Waals surface area contributed by atoms with Gasteiger partial charge in [0, 0.05) is 30.9 Å². The van der Waals surface area contributed by atoms with Gasteiger partial charge in [0.1, 0.15) is 11.8 Å². The minimum Gasteiger partial charge on any atom is -0.467 e. The number of benzene rings is 1. The average molecular weight is 405 g/mol. The summed E-state index contributed by atoms with van der Waals surface area (Å²) >= 11 is 0. The molecule has 3 aromatic rings. The monoisotopic (exact) mass is 405 g/mol. The summed E-state index contributed by atoms with van der Waals surface area (Å²) in [5, 5.41) is 2.98. The van der Waals surface area contributed by atoms with Crippen molar-refractivity contribution < 1.29 is 14.0 Å². The Kier molecular flexibility index (Phi) is 7.78. The molecule has 0 radical (unpaired) electrons. The maximum Gasteiger partial charge on any atom is 0.247 e. The minimum absolute atomic E-state index is 0.0861. The van der Waals surface area contributed by atoms with E-state index < -0.39 is 6.04 Å². The van der Waals surface area contributed by atoms with Crippen LogP contribution in [0.15, 0.2) is 77.7 Å². The van der Waals surface area contributed by atoms with E-state index in [9.17, 15) is 9.59 Å². The highest BCUT2D eigenvalue weighted by Crippen LogP contribution is 2.25. The lowest BCUT2D eigenvalue weighted by Crippen LogP contribution is -2.43. The topological polar surface area (TPSA) is 75.4 Å². The number of nitrogens with one attached hydrogen (secondary N) is 1.